The average Bonchev–Trinajstić information content (AvgIpc) is 2.58. The molecule has 0 spiro atoms. The minimum absolute atomic E-state index is 0.0797. The lowest BCUT2D eigenvalue weighted by atomic mass is 9.98. The summed E-state index contributed by atoms with van der Waals surface area (Å²) in [4.78, 5) is 23.8. The quantitative estimate of drug-likeness (QED) is 0.691. The van der Waals surface area contributed by atoms with Gasteiger partial charge in [0.25, 0.3) is 0 Å². The van der Waals surface area contributed by atoms with Gasteiger partial charge in [0.05, 0.1) is 0 Å². The Hall–Kier alpha value is -1.49. The van der Waals surface area contributed by atoms with Gasteiger partial charge >= 0.3 is 0 Å². The molecule has 5 heteroatoms. The van der Waals surface area contributed by atoms with E-state index in [1.807, 2.05) is 24.5 Å². The van der Waals surface area contributed by atoms with Gasteiger partial charge in [-0.2, -0.15) is 11.8 Å². The summed E-state index contributed by atoms with van der Waals surface area (Å²) >= 11 is 1.68. The average molecular weight is 337 g/mol. The summed E-state index contributed by atoms with van der Waals surface area (Å²) in [5.41, 5.74) is 1.28. The van der Waals surface area contributed by atoms with Crippen molar-refractivity contribution in [2.45, 2.75) is 45.1 Å². The zero-order valence-electron chi connectivity index (χ0n) is 14.3. The van der Waals surface area contributed by atoms with Crippen molar-refractivity contribution in [1.82, 2.24) is 10.6 Å². The number of nitrogens with one attached hydrogen (secondary N) is 2. The van der Waals surface area contributed by atoms with Gasteiger partial charge in [0.1, 0.15) is 6.04 Å². The molecule has 0 heterocycles. The van der Waals surface area contributed by atoms with Gasteiger partial charge in [0.15, 0.2) is 0 Å². The van der Waals surface area contributed by atoms with Crippen LogP contribution in [0.15, 0.2) is 30.3 Å². The van der Waals surface area contributed by atoms with E-state index in [9.17, 15) is 9.59 Å². The molecule has 0 saturated heterocycles. The van der Waals surface area contributed by atoms with Crippen LogP contribution in [-0.2, 0) is 9.59 Å². The minimum atomic E-state index is -0.429. The third kappa shape index (κ3) is 7.55. The topological polar surface area (TPSA) is 58.2 Å². The molecule has 0 bridgehead atoms. The van der Waals surface area contributed by atoms with Gasteiger partial charge in [0, 0.05) is 13.0 Å². The van der Waals surface area contributed by atoms with Crippen molar-refractivity contribution >= 4 is 23.6 Å². The minimum Gasteiger partial charge on any atom is -0.354 e. The maximum atomic E-state index is 12.3. The lowest BCUT2D eigenvalue weighted by Crippen LogP contribution is -2.47. The molecule has 1 aromatic rings. The number of amides is 2. The van der Waals surface area contributed by atoms with Crippen LogP contribution in [0.5, 0.6) is 0 Å². The Morgan fingerprint density at radius 1 is 1.17 bits per heavy atom. The summed E-state index contributed by atoms with van der Waals surface area (Å²) in [5, 5.41) is 5.77. The first kappa shape index (κ1) is 19.6. The van der Waals surface area contributed by atoms with E-state index in [-0.39, 0.29) is 11.8 Å². The molecule has 0 aliphatic carbocycles. The van der Waals surface area contributed by atoms with Crippen LogP contribution in [0.2, 0.25) is 0 Å². The fraction of sp³-hybridized carbons (Fsp3) is 0.556. The van der Waals surface area contributed by atoms with Gasteiger partial charge in [0.2, 0.25) is 11.8 Å². The molecule has 0 radical (unpaired) electrons. The molecule has 2 atom stereocenters. The maximum Gasteiger partial charge on any atom is 0.242 e. The third-order valence-corrected chi connectivity index (χ3v) is 4.47. The molecule has 0 fully saturated rings. The molecule has 2 amide bonds. The smallest absolute Gasteiger partial charge is 0.242 e. The fourth-order valence-electron chi connectivity index (χ4n) is 2.28. The summed E-state index contributed by atoms with van der Waals surface area (Å²) in [7, 11) is 0. The lowest BCUT2D eigenvalue weighted by molar-refractivity contribution is -0.128. The highest BCUT2D eigenvalue weighted by atomic mass is 32.2. The zero-order chi connectivity index (χ0) is 17.1. The molecule has 0 aliphatic rings. The van der Waals surface area contributed by atoms with Gasteiger partial charge in [-0.05, 0) is 36.3 Å². The Bertz CT molecular complexity index is 479. The Morgan fingerprint density at radius 3 is 2.48 bits per heavy atom. The summed E-state index contributed by atoms with van der Waals surface area (Å²) in [6.07, 6.45) is 3.94. The monoisotopic (exact) mass is 336 g/mol. The number of benzene rings is 1. The first-order chi connectivity index (χ1) is 11.1. The number of hydrogen-bond acceptors (Lipinski definition) is 3. The molecule has 0 saturated carbocycles. The summed E-state index contributed by atoms with van der Waals surface area (Å²) in [6, 6.07) is 9.85. The second kappa shape index (κ2) is 11.1. The van der Waals surface area contributed by atoms with Crippen molar-refractivity contribution in [3.8, 4) is 0 Å². The van der Waals surface area contributed by atoms with Gasteiger partial charge in [-0.1, -0.05) is 44.2 Å². The second-order valence-corrected chi connectivity index (χ2v) is 6.63. The van der Waals surface area contributed by atoms with Crippen LogP contribution in [0.1, 0.15) is 44.6 Å². The molecular weight excluding hydrogens is 308 g/mol. The molecule has 4 nitrogen and oxygen atoms in total. The van der Waals surface area contributed by atoms with Crippen molar-refractivity contribution in [3.05, 3.63) is 35.9 Å². The lowest BCUT2D eigenvalue weighted by Gasteiger charge is -2.19. The van der Waals surface area contributed by atoms with Crippen LogP contribution < -0.4 is 10.6 Å². The Labute approximate surface area is 143 Å². The van der Waals surface area contributed by atoms with E-state index in [4.69, 9.17) is 0 Å². The molecule has 0 aromatic heterocycles. The first-order valence-corrected chi connectivity index (χ1v) is 9.58. The third-order valence-electron chi connectivity index (χ3n) is 3.83. The van der Waals surface area contributed by atoms with E-state index < -0.39 is 6.04 Å². The van der Waals surface area contributed by atoms with Gasteiger partial charge in [-0.15, -0.1) is 0 Å². The molecule has 23 heavy (non-hydrogen) atoms. The number of carbonyl (C=O) groups excluding carboxylic acids is 2. The van der Waals surface area contributed by atoms with Crippen molar-refractivity contribution in [2.75, 3.05) is 18.6 Å². The summed E-state index contributed by atoms with van der Waals surface area (Å²) in [5.74, 6) is 1.08. The molecule has 0 aliphatic heterocycles. The van der Waals surface area contributed by atoms with Crippen LogP contribution in [0, 0.1) is 0 Å². The van der Waals surface area contributed by atoms with Crippen LogP contribution >= 0.6 is 11.8 Å². The van der Waals surface area contributed by atoms with Crippen molar-refractivity contribution in [2.24, 2.45) is 0 Å². The van der Waals surface area contributed by atoms with Crippen LogP contribution in [0.25, 0.3) is 0 Å². The molecule has 1 aromatic carbocycles. The maximum absolute atomic E-state index is 12.3. The zero-order valence-corrected chi connectivity index (χ0v) is 15.1. The first-order valence-electron chi connectivity index (χ1n) is 8.19. The van der Waals surface area contributed by atoms with E-state index in [2.05, 4.69) is 29.7 Å². The summed E-state index contributed by atoms with van der Waals surface area (Å²) < 4.78 is 0. The largest absolute Gasteiger partial charge is 0.354 e. The van der Waals surface area contributed by atoms with Gasteiger partial charge in [-0.25, -0.2) is 0 Å². The van der Waals surface area contributed by atoms with E-state index in [1.165, 1.54) is 5.56 Å². The SMILES string of the molecule is CCC(=O)NC(CCSC)C(=O)NCCC(C)c1ccccc1. The standard InChI is InChI=1S/C18H28N2O2S/c1-4-17(21)20-16(11-13-23-3)18(22)19-12-10-14(2)15-8-6-5-7-9-15/h5-9,14,16H,4,10-13H2,1-3H3,(H,19,22)(H,20,21). The van der Waals surface area contributed by atoms with E-state index in [1.54, 1.807) is 18.7 Å². The Morgan fingerprint density at radius 2 is 1.87 bits per heavy atom. The predicted molar refractivity (Wildman–Crippen MR) is 97.7 cm³/mol. The molecule has 2 unspecified atom stereocenters. The Balaban J connectivity index is 2.43. The van der Waals surface area contributed by atoms with Crippen molar-refractivity contribution in [3.63, 3.8) is 0 Å². The number of thioether (sulfide) groups is 1. The highest BCUT2D eigenvalue weighted by Gasteiger charge is 2.19. The van der Waals surface area contributed by atoms with Crippen LogP contribution in [-0.4, -0.2) is 36.4 Å². The van der Waals surface area contributed by atoms with Crippen LogP contribution in [0.4, 0.5) is 0 Å². The van der Waals surface area contributed by atoms with Crippen molar-refractivity contribution < 1.29 is 9.59 Å². The molecule has 2 N–H and O–H groups in total. The number of hydrogen-bond donors (Lipinski definition) is 2. The van der Waals surface area contributed by atoms with Crippen LogP contribution in [0.3, 0.4) is 0 Å². The highest BCUT2D eigenvalue weighted by Crippen LogP contribution is 2.17. The highest BCUT2D eigenvalue weighted by molar-refractivity contribution is 7.98. The molecule has 1 rings (SSSR count). The number of carbonyl (C=O) groups is 2. The second-order valence-electron chi connectivity index (χ2n) is 5.65. The normalized spacial score (nSPS) is 13.2. The van der Waals surface area contributed by atoms with Gasteiger partial charge in [-0.3, -0.25) is 9.59 Å². The number of rotatable bonds is 10. The summed E-state index contributed by atoms with van der Waals surface area (Å²) in [6.45, 7) is 4.57. The van der Waals surface area contributed by atoms with Crippen molar-refractivity contribution in [1.29, 1.82) is 0 Å². The van der Waals surface area contributed by atoms with E-state index in [0.717, 1.165) is 12.2 Å². The molecule has 128 valence electrons. The van der Waals surface area contributed by atoms with Gasteiger partial charge < -0.3 is 10.6 Å². The predicted octanol–water partition coefficient (Wildman–Crippen LogP) is 2.94. The molecular formula is C18H28N2O2S. The fourth-order valence-corrected chi connectivity index (χ4v) is 2.76. The van der Waals surface area contributed by atoms with E-state index in [0.29, 0.717) is 25.3 Å². The Kier molecular flexibility index (Phi) is 9.45. The van der Waals surface area contributed by atoms with E-state index >= 15 is 0 Å².